The van der Waals surface area contributed by atoms with Crippen LogP contribution in [-0.2, 0) is 4.74 Å². The molecule has 1 aliphatic heterocycles. The molecule has 0 aliphatic carbocycles. The van der Waals surface area contributed by atoms with Gasteiger partial charge in [0.15, 0.2) is 0 Å². The second-order valence-electron chi connectivity index (χ2n) is 7.11. The molecule has 21 heavy (non-hydrogen) atoms. The van der Waals surface area contributed by atoms with Crippen molar-refractivity contribution in [2.75, 3.05) is 6.54 Å². The third kappa shape index (κ3) is 4.05. The van der Waals surface area contributed by atoms with Gasteiger partial charge in [-0.25, -0.2) is 0 Å². The molecule has 1 aliphatic rings. The maximum absolute atomic E-state index is 6.28. The molecule has 1 N–H and O–H groups in total. The van der Waals surface area contributed by atoms with Crippen molar-refractivity contribution in [1.82, 2.24) is 10.3 Å². The van der Waals surface area contributed by atoms with Crippen LogP contribution in [0.2, 0.25) is 0 Å². The molecular weight excluding hydrogens is 328 g/mol. The van der Waals surface area contributed by atoms with Gasteiger partial charge < -0.3 is 10.1 Å². The van der Waals surface area contributed by atoms with Crippen molar-refractivity contribution in [3.05, 3.63) is 28.5 Å². The topological polar surface area (TPSA) is 34.2 Å². The number of rotatable bonds is 5. The van der Waals surface area contributed by atoms with Gasteiger partial charge in [-0.1, -0.05) is 6.92 Å². The Morgan fingerprint density at radius 1 is 1.38 bits per heavy atom. The summed E-state index contributed by atoms with van der Waals surface area (Å²) in [5.74, 6) is 0.410. The lowest BCUT2D eigenvalue weighted by Gasteiger charge is -2.33. The van der Waals surface area contributed by atoms with Crippen molar-refractivity contribution in [1.29, 1.82) is 0 Å². The standard InChI is InChI=1S/C17H27BrN2O/c1-6-9-19-15(14-8-7-12(18)11-20-14)13-10-16(2,3)21-17(13,4)5/h7-8,11,13,15,19H,6,9-10H2,1-5H3. The number of pyridine rings is 1. The second-order valence-corrected chi connectivity index (χ2v) is 8.02. The summed E-state index contributed by atoms with van der Waals surface area (Å²) in [7, 11) is 0. The van der Waals surface area contributed by atoms with Crippen molar-refractivity contribution < 1.29 is 4.74 Å². The first kappa shape index (κ1) is 16.9. The maximum atomic E-state index is 6.28. The smallest absolute Gasteiger partial charge is 0.0681 e. The highest BCUT2D eigenvalue weighted by Gasteiger charge is 2.49. The van der Waals surface area contributed by atoms with Crippen LogP contribution in [0.3, 0.4) is 0 Å². The van der Waals surface area contributed by atoms with E-state index in [0.717, 1.165) is 29.6 Å². The summed E-state index contributed by atoms with van der Waals surface area (Å²) in [6.07, 6.45) is 4.04. The van der Waals surface area contributed by atoms with E-state index < -0.39 is 0 Å². The van der Waals surface area contributed by atoms with Crippen LogP contribution in [0.5, 0.6) is 0 Å². The summed E-state index contributed by atoms with van der Waals surface area (Å²) in [6, 6.07) is 4.41. The predicted octanol–water partition coefficient (Wildman–Crippen LogP) is 4.48. The van der Waals surface area contributed by atoms with Gasteiger partial charge in [0.05, 0.1) is 22.9 Å². The summed E-state index contributed by atoms with van der Waals surface area (Å²) >= 11 is 3.46. The van der Waals surface area contributed by atoms with Crippen molar-refractivity contribution >= 4 is 15.9 Å². The first-order chi connectivity index (χ1) is 9.75. The molecule has 0 radical (unpaired) electrons. The quantitative estimate of drug-likeness (QED) is 0.846. The number of hydrogen-bond donors (Lipinski definition) is 1. The summed E-state index contributed by atoms with van der Waals surface area (Å²) in [5.41, 5.74) is 0.880. The molecule has 4 heteroatoms. The highest BCUT2D eigenvalue weighted by Crippen LogP contribution is 2.47. The normalized spacial score (nSPS) is 25.0. The minimum absolute atomic E-state index is 0.0737. The van der Waals surface area contributed by atoms with Crippen LogP contribution >= 0.6 is 15.9 Å². The Morgan fingerprint density at radius 2 is 2.10 bits per heavy atom. The van der Waals surface area contributed by atoms with Crippen molar-refractivity contribution in [2.24, 2.45) is 5.92 Å². The van der Waals surface area contributed by atoms with Gasteiger partial charge in [0.25, 0.3) is 0 Å². The van der Waals surface area contributed by atoms with Crippen LogP contribution < -0.4 is 5.32 Å². The molecule has 3 nitrogen and oxygen atoms in total. The SMILES string of the molecule is CCCNC(c1ccc(Br)cn1)C1CC(C)(C)OC1(C)C. The van der Waals surface area contributed by atoms with Gasteiger partial charge in [0, 0.05) is 16.6 Å². The van der Waals surface area contributed by atoms with Gasteiger partial charge in [-0.2, -0.15) is 0 Å². The van der Waals surface area contributed by atoms with Gasteiger partial charge in [0.1, 0.15) is 0 Å². The monoisotopic (exact) mass is 354 g/mol. The third-order valence-corrected chi connectivity index (χ3v) is 4.70. The average molecular weight is 355 g/mol. The van der Waals surface area contributed by atoms with Crippen LogP contribution in [-0.4, -0.2) is 22.7 Å². The summed E-state index contributed by atoms with van der Waals surface area (Å²) < 4.78 is 7.29. The molecule has 2 rings (SSSR count). The van der Waals surface area contributed by atoms with E-state index in [0.29, 0.717) is 5.92 Å². The largest absolute Gasteiger partial charge is 0.369 e. The zero-order valence-electron chi connectivity index (χ0n) is 13.7. The number of aromatic nitrogens is 1. The summed E-state index contributed by atoms with van der Waals surface area (Å²) in [4.78, 5) is 4.62. The molecule has 0 bridgehead atoms. The molecule has 0 spiro atoms. The molecule has 1 aromatic heterocycles. The molecule has 2 atom stereocenters. The van der Waals surface area contributed by atoms with Crippen LogP contribution in [0.4, 0.5) is 0 Å². The number of nitrogens with zero attached hydrogens (tertiary/aromatic N) is 1. The molecule has 118 valence electrons. The Bertz CT molecular complexity index is 470. The van der Waals surface area contributed by atoms with Gasteiger partial charge in [-0.15, -0.1) is 0 Å². The van der Waals surface area contributed by atoms with Crippen molar-refractivity contribution in [2.45, 2.75) is 64.7 Å². The number of ether oxygens (including phenoxy) is 1. The van der Waals surface area contributed by atoms with E-state index in [2.05, 4.69) is 73.0 Å². The van der Waals surface area contributed by atoms with Crippen LogP contribution in [0, 0.1) is 5.92 Å². The minimum atomic E-state index is -0.149. The number of nitrogens with one attached hydrogen (secondary N) is 1. The van der Waals surface area contributed by atoms with Gasteiger partial charge in [-0.05, 0) is 75.1 Å². The fourth-order valence-corrected chi connectivity index (χ4v) is 3.68. The summed E-state index contributed by atoms with van der Waals surface area (Å²) in [6.45, 7) is 12.0. The minimum Gasteiger partial charge on any atom is -0.369 e. The lowest BCUT2D eigenvalue weighted by atomic mass is 9.80. The molecule has 1 fully saturated rings. The van der Waals surface area contributed by atoms with E-state index in [9.17, 15) is 0 Å². The number of halogens is 1. The molecule has 2 unspecified atom stereocenters. The molecule has 2 heterocycles. The summed E-state index contributed by atoms with van der Waals surface area (Å²) in [5, 5.41) is 3.68. The molecule has 1 aromatic rings. The fraction of sp³-hybridized carbons (Fsp3) is 0.706. The molecule has 0 amide bonds. The fourth-order valence-electron chi connectivity index (χ4n) is 3.45. The molecular formula is C17H27BrN2O. The Labute approximate surface area is 137 Å². The Hall–Kier alpha value is -0.450. The van der Waals surface area contributed by atoms with E-state index in [1.54, 1.807) is 0 Å². The van der Waals surface area contributed by atoms with Crippen molar-refractivity contribution in [3.8, 4) is 0 Å². The van der Waals surface area contributed by atoms with E-state index in [-0.39, 0.29) is 17.2 Å². The van der Waals surface area contributed by atoms with Gasteiger partial charge in [-0.3, -0.25) is 4.98 Å². The average Bonchev–Trinajstić information content (AvgIpc) is 2.60. The highest BCUT2D eigenvalue weighted by molar-refractivity contribution is 9.10. The Morgan fingerprint density at radius 3 is 2.57 bits per heavy atom. The molecule has 0 aromatic carbocycles. The van der Waals surface area contributed by atoms with Gasteiger partial charge >= 0.3 is 0 Å². The van der Waals surface area contributed by atoms with E-state index in [1.165, 1.54) is 0 Å². The first-order valence-corrected chi connectivity index (χ1v) is 8.59. The van der Waals surface area contributed by atoms with Crippen LogP contribution in [0.15, 0.2) is 22.8 Å². The lowest BCUT2D eigenvalue weighted by molar-refractivity contribution is -0.0780. The van der Waals surface area contributed by atoms with Crippen LogP contribution in [0.25, 0.3) is 0 Å². The van der Waals surface area contributed by atoms with Gasteiger partial charge in [0.2, 0.25) is 0 Å². The van der Waals surface area contributed by atoms with Crippen molar-refractivity contribution in [3.63, 3.8) is 0 Å². The van der Waals surface area contributed by atoms with Crippen LogP contribution in [0.1, 0.15) is 59.2 Å². The predicted molar refractivity (Wildman–Crippen MR) is 90.3 cm³/mol. The maximum Gasteiger partial charge on any atom is 0.0681 e. The second kappa shape index (κ2) is 6.35. The van der Waals surface area contributed by atoms with E-state index in [4.69, 9.17) is 4.74 Å². The Balaban J connectivity index is 2.29. The molecule has 1 saturated heterocycles. The first-order valence-electron chi connectivity index (χ1n) is 7.80. The Kier molecular flexibility index (Phi) is 5.11. The number of hydrogen-bond acceptors (Lipinski definition) is 3. The third-order valence-electron chi connectivity index (χ3n) is 4.23. The lowest BCUT2D eigenvalue weighted by Crippen LogP contribution is -2.39. The van der Waals surface area contributed by atoms with E-state index in [1.807, 2.05) is 6.20 Å². The zero-order chi connectivity index (χ0) is 15.7. The van der Waals surface area contributed by atoms with E-state index >= 15 is 0 Å². The molecule has 0 saturated carbocycles. The zero-order valence-corrected chi connectivity index (χ0v) is 15.3. The highest BCUT2D eigenvalue weighted by atomic mass is 79.9.